The molecule has 1 aromatic carbocycles. The summed E-state index contributed by atoms with van der Waals surface area (Å²) in [5.74, 6) is 0. The molecule has 0 aromatic heterocycles. The first-order chi connectivity index (χ1) is 8.29. The molecule has 0 amide bonds. The van der Waals surface area contributed by atoms with E-state index in [1.807, 2.05) is 0 Å². The van der Waals surface area contributed by atoms with Crippen molar-refractivity contribution in [1.82, 2.24) is 0 Å². The molecule has 0 spiro atoms. The van der Waals surface area contributed by atoms with Crippen LogP contribution in [0.3, 0.4) is 0 Å². The Bertz CT molecular complexity index is 377. The Morgan fingerprint density at radius 1 is 1.06 bits per heavy atom. The van der Waals surface area contributed by atoms with Crippen molar-refractivity contribution in [3.8, 4) is 0 Å². The zero-order valence-electron chi connectivity index (χ0n) is 11.4. The van der Waals surface area contributed by atoms with Crippen LogP contribution in [0.15, 0.2) is 30.3 Å². The number of benzene rings is 1. The quantitative estimate of drug-likeness (QED) is 0.752. The van der Waals surface area contributed by atoms with E-state index in [1.54, 1.807) is 5.56 Å². The van der Waals surface area contributed by atoms with Crippen LogP contribution in [0.25, 0.3) is 0 Å². The van der Waals surface area contributed by atoms with Gasteiger partial charge in [-0.05, 0) is 25.3 Å². The number of likely N-dealkylation sites (N-methyl/N-ethyl adjacent to an activating group) is 1. The lowest BCUT2D eigenvalue weighted by molar-refractivity contribution is -0.917. The molecule has 1 saturated heterocycles. The lowest BCUT2D eigenvalue weighted by Crippen LogP contribution is -2.49. The van der Waals surface area contributed by atoms with Crippen molar-refractivity contribution in [2.45, 2.75) is 38.0 Å². The van der Waals surface area contributed by atoms with E-state index in [0.29, 0.717) is 5.41 Å². The van der Waals surface area contributed by atoms with Crippen molar-refractivity contribution in [3.05, 3.63) is 35.9 Å². The van der Waals surface area contributed by atoms with E-state index in [-0.39, 0.29) is 5.48 Å². The second-order valence-electron chi connectivity index (χ2n) is 6.12. The minimum Gasteiger partial charge on any atom is -0.870 e. The molecule has 3 rings (SSSR count). The second-order valence-corrected chi connectivity index (χ2v) is 6.12. The molecular formula is C16H25NO. The highest BCUT2D eigenvalue weighted by Crippen LogP contribution is 2.50. The molecule has 2 nitrogen and oxygen atoms in total. The van der Waals surface area contributed by atoms with Gasteiger partial charge in [0.1, 0.15) is 0 Å². The Kier molecular flexibility index (Phi) is 3.79. The van der Waals surface area contributed by atoms with Crippen molar-refractivity contribution in [2.75, 3.05) is 26.2 Å². The van der Waals surface area contributed by atoms with Gasteiger partial charge in [0.25, 0.3) is 0 Å². The van der Waals surface area contributed by atoms with Crippen molar-refractivity contribution < 1.29 is 9.96 Å². The first kappa shape index (κ1) is 13.6. The zero-order valence-corrected chi connectivity index (χ0v) is 11.4. The lowest BCUT2D eigenvalue weighted by Gasteiger charge is -2.37. The topological polar surface area (TPSA) is 30.0 Å². The molecule has 1 aliphatic heterocycles. The van der Waals surface area contributed by atoms with Crippen LogP contribution in [0.5, 0.6) is 0 Å². The molecule has 0 unspecified atom stereocenters. The highest BCUT2D eigenvalue weighted by Gasteiger charge is 2.51. The van der Waals surface area contributed by atoms with E-state index >= 15 is 0 Å². The Morgan fingerprint density at radius 2 is 1.67 bits per heavy atom. The van der Waals surface area contributed by atoms with Crippen molar-refractivity contribution in [2.24, 2.45) is 0 Å². The van der Waals surface area contributed by atoms with E-state index in [9.17, 15) is 0 Å². The van der Waals surface area contributed by atoms with Crippen LogP contribution in [0, 0.1) is 0 Å². The lowest BCUT2D eigenvalue weighted by atomic mass is 9.94. The molecule has 1 saturated carbocycles. The van der Waals surface area contributed by atoms with Gasteiger partial charge in [-0.15, -0.1) is 0 Å². The normalized spacial score (nSPS) is 23.4. The van der Waals surface area contributed by atoms with Gasteiger partial charge in [0.2, 0.25) is 0 Å². The summed E-state index contributed by atoms with van der Waals surface area (Å²) < 4.78 is 1.38. The average molecular weight is 247 g/mol. The van der Waals surface area contributed by atoms with E-state index in [0.717, 1.165) is 0 Å². The van der Waals surface area contributed by atoms with Gasteiger partial charge < -0.3 is 9.96 Å². The first-order valence-corrected chi connectivity index (χ1v) is 7.19. The van der Waals surface area contributed by atoms with Crippen LogP contribution in [-0.4, -0.2) is 36.1 Å². The highest BCUT2D eigenvalue weighted by atomic mass is 16.0. The van der Waals surface area contributed by atoms with Crippen LogP contribution < -0.4 is 0 Å². The van der Waals surface area contributed by atoms with E-state index in [4.69, 9.17) is 0 Å². The molecule has 2 heteroatoms. The van der Waals surface area contributed by atoms with E-state index in [2.05, 4.69) is 37.3 Å². The number of quaternary nitrogens is 1. The summed E-state index contributed by atoms with van der Waals surface area (Å²) in [6.45, 7) is 7.95. The Hall–Kier alpha value is -0.860. The van der Waals surface area contributed by atoms with Crippen LogP contribution in [0.1, 0.15) is 38.2 Å². The van der Waals surface area contributed by atoms with Gasteiger partial charge in [0, 0.05) is 18.3 Å². The molecular weight excluding hydrogens is 222 g/mol. The van der Waals surface area contributed by atoms with Crippen molar-refractivity contribution in [3.63, 3.8) is 0 Å². The van der Waals surface area contributed by atoms with Crippen LogP contribution in [-0.2, 0) is 5.41 Å². The van der Waals surface area contributed by atoms with Gasteiger partial charge in [-0.2, -0.15) is 0 Å². The minimum atomic E-state index is 0. The number of hydrogen-bond acceptors (Lipinski definition) is 1. The number of hydrogen-bond donors (Lipinski definition) is 0. The second kappa shape index (κ2) is 5.02. The molecule has 0 bridgehead atoms. The molecule has 0 atom stereocenters. The molecule has 100 valence electrons. The Labute approximate surface area is 111 Å². The molecule has 1 aromatic rings. The van der Waals surface area contributed by atoms with E-state index < -0.39 is 0 Å². The SMILES string of the molecule is CC[N+]1(CC2(c3ccccc3)CC2)CCCC1.[OH-]. The standard InChI is InChI=1S/C16H24N.H2O/c1-2-17(12-6-7-13-17)14-16(10-11-16)15-8-4-3-5-9-15;/h3-5,8-9H,2,6-7,10-14H2,1H3;1H2/q+1;/p-1. The van der Waals surface area contributed by atoms with Gasteiger partial charge in [0.15, 0.2) is 0 Å². The number of nitrogens with zero attached hydrogens (tertiary/aromatic N) is 1. The predicted octanol–water partition coefficient (Wildman–Crippen LogP) is 3.17. The maximum absolute atomic E-state index is 2.38. The smallest absolute Gasteiger partial charge is 0.0884 e. The van der Waals surface area contributed by atoms with Gasteiger partial charge in [-0.1, -0.05) is 30.3 Å². The van der Waals surface area contributed by atoms with Crippen LogP contribution >= 0.6 is 0 Å². The molecule has 1 N–H and O–H groups in total. The van der Waals surface area contributed by atoms with Crippen molar-refractivity contribution in [1.29, 1.82) is 0 Å². The fraction of sp³-hybridized carbons (Fsp3) is 0.625. The van der Waals surface area contributed by atoms with Gasteiger partial charge in [-0.3, -0.25) is 0 Å². The largest absolute Gasteiger partial charge is 0.870 e. The summed E-state index contributed by atoms with van der Waals surface area (Å²) in [6, 6.07) is 11.2. The molecule has 2 fully saturated rings. The first-order valence-electron chi connectivity index (χ1n) is 7.19. The predicted molar refractivity (Wildman–Crippen MR) is 73.9 cm³/mol. The number of rotatable bonds is 4. The van der Waals surface area contributed by atoms with Gasteiger partial charge in [-0.25, -0.2) is 0 Å². The fourth-order valence-corrected chi connectivity index (χ4v) is 3.72. The van der Waals surface area contributed by atoms with Crippen molar-refractivity contribution >= 4 is 0 Å². The molecule has 1 aliphatic carbocycles. The maximum atomic E-state index is 2.38. The zero-order chi connectivity index (χ0) is 11.8. The molecule has 18 heavy (non-hydrogen) atoms. The third-order valence-corrected chi connectivity index (χ3v) is 5.06. The summed E-state index contributed by atoms with van der Waals surface area (Å²) in [7, 11) is 0. The Balaban J connectivity index is 0.00000120. The van der Waals surface area contributed by atoms with Gasteiger partial charge >= 0.3 is 0 Å². The van der Waals surface area contributed by atoms with Crippen LogP contribution in [0.4, 0.5) is 0 Å². The maximum Gasteiger partial charge on any atom is 0.0884 e. The summed E-state index contributed by atoms with van der Waals surface area (Å²) in [5, 5.41) is 0. The Morgan fingerprint density at radius 3 is 2.17 bits per heavy atom. The summed E-state index contributed by atoms with van der Waals surface area (Å²) in [6.07, 6.45) is 5.71. The summed E-state index contributed by atoms with van der Waals surface area (Å²) >= 11 is 0. The third-order valence-electron chi connectivity index (χ3n) is 5.06. The third kappa shape index (κ3) is 2.32. The van der Waals surface area contributed by atoms with Gasteiger partial charge in [0.05, 0.1) is 26.2 Å². The molecule has 0 radical (unpaired) electrons. The molecule has 1 heterocycles. The van der Waals surface area contributed by atoms with Crippen LogP contribution in [0.2, 0.25) is 0 Å². The minimum absolute atomic E-state index is 0. The summed E-state index contributed by atoms with van der Waals surface area (Å²) in [4.78, 5) is 0. The molecule has 2 aliphatic rings. The average Bonchev–Trinajstić information content (AvgIpc) is 3.01. The number of likely N-dealkylation sites (tertiary alicyclic amines) is 1. The monoisotopic (exact) mass is 247 g/mol. The van der Waals surface area contributed by atoms with E-state index in [1.165, 1.54) is 56.3 Å². The fourth-order valence-electron chi connectivity index (χ4n) is 3.72. The summed E-state index contributed by atoms with van der Waals surface area (Å²) in [5.41, 5.74) is 2.14. The highest BCUT2D eigenvalue weighted by molar-refractivity contribution is 5.31.